The van der Waals surface area contributed by atoms with Crippen LogP contribution >= 0.6 is 0 Å². The van der Waals surface area contributed by atoms with E-state index >= 15 is 0 Å². The molecule has 3 rings (SSSR count). The monoisotopic (exact) mass is 326 g/mol. The molecule has 0 atom stereocenters. The molecule has 5 heteroatoms. The first kappa shape index (κ1) is 16.3. The molecule has 0 bridgehead atoms. The van der Waals surface area contributed by atoms with Gasteiger partial charge in [-0.1, -0.05) is 18.2 Å². The third-order valence-electron chi connectivity index (χ3n) is 4.29. The van der Waals surface area contributed by atoms with E-state index < -0.39 is 0 Å². The highest BCUT2D eigenvalue weighted by atomic mass is 16.5. The number of hydrogen-bond acceptors (Lipinski definition) is 4. The first-order valence-corrected chi connectivity index (χ1v) is 8.28. The van der Waals surface area contributed by atoms with Crippen LogP contribution in [0.1, 0.15) is 36.0 Å². The van der Waals surface area contributed by atoms with E-state index in [1.54, 1.807) is 25.4 Å². The van der Waals surface area contributed by atoms with Crippen molar-refractivity contribution in [2.75, 3.05) is 7.11 Å². The molecule has 2 aromatic rings. The number of rotatable bonds is 5. The van der Waals surface area contributed by atoms with Gasteiger partial charge in [0.15, 0.2) is 0 Å². The van der Waals surface area contributed by atoms with Gasteiger partial charge in [0.2, 0.25) is 5.88 Å². The van der Waals surface area contributed by atoms with Crippen molar-refractivity contribution in [1.29, 1.82) is 0 Å². The number of pyridine rings is 1. The fourth-order valence-electron chi connectivity index (χ4n) is 3.01. The van der Waals surface area contributed by atoms with E-state index in [0.717, 1.165) is 25.7 Å². The number of benzene rings is 1. The average molecular weight is 326 g/mol. The normalized spacial score (nSPS) is 20.2. The molecule has 1 fully saturated rings. The number of hydrogen-bond donors (Lipinski definition) is 1. The van der Waals surface area contributed by atoms with Gasteiger partial charge in [-0.2, -0.15) is 0 Å². The Labute approximate surface area is 142 Å². The van der Waals surface area contributed by atoms with Gasteiger partial charge in [-0.05, 0) is 43.9 Å². The molecule has 0 spiro atoms. The predicted octanol–water partition coefficient (Wildman–Crippen LogP) is 3.21. The zero-order valence-electron chi connectivity index (χ0n) is 13.8. The molecule has 126 valence electrons. The summed E-state index contributed by atoms with van der Waals surface area (Å²) in [6.07, 6.45) is 5.52. The third-order valence-corrected chi connectivity index (χ3v) is 4.29. The van der Waals surface area contributed by atoms with Crippen LogP contribution in [0.3, 0.4) is 0 Å². The van der Waals surface area contributed by atoms with Crippen LogP contribution in [-0.2, 0) is 0 Å². The number of carbonyl (C=O) groups excluding carboxylic acids is 1. The van der Waals surface area contributed by atoms with Gasteiger partial charge in [0.25, 0.3) is 5.91 Å². The van der Waals surface area contributed by atoms with Gasteiger partial charge in [0.1, 0.15) is 11.9 Å². The van der Waals surface area contributed by atoms with E-state index in [2.05, 4.69) is 10.3 Å². The molecule has 1 saturated carbocycles. The summed E-state index contributed by atoms with van der Waals surface area (Å²) in [7, 11) is 1.58. The van der Waals surface area contributed by atoms with Gasteiger partial charge in [0.05, 0.1) is 12.7 Å². The fourth-order valence-corrected chi connectivity index (χ4v) is 3.01. The van der Waals surface area contributed by atoms with Gasteiger partial charge in [-0.25, -0.2) is 4.98 Å². The molecule has 1 aliphatic carbocycles. The van der Waals surface area contributed by atoms with E-state index in [1.165, 1.54) is 0 Å². The SMILES string of the molecule is COc1ccccc1C(=O)NC1CCC(Oc2ccccn2)CC1. The van der Waals surface area contributed by atoms with Crippen LogP contribution in [0.4, 0.5) is 0 Å². The number of nitrogens with zero attached hydrogens (tertiary/aromatic N) is 1. The van der Waals surface area contributed by atoms with Crippen molar-refractivity contribution in [3.63, 3.8) is 0 Å². The second kappa shape index (κ2) is 7.81. The highest BCUT2D eigenvalue weighted by molar-refractivity contribution is 5.97. The number of para-hydroxylation sites is 1. The lowest BCUT2D eigenvalue weighted by molar-refractivity contribution is 0.0887. The number of amides is 1. The molecule has 0 aliphatic heterocycles. The maximum Gasteiger partial charge on any atom is 0.255 e. The van der Waals surface area contributed by atoms with E-state index in [9.17, 15) is 4.79 Å². The van der Waals surface area contributed by atoms with Crippen LogP contribution in [0, 0.1) is 0 Å². The molecule has 1 aromatic heterocycles. The first-order valence-electron chi connectivity index (χ1n) is 8.28. The summed E-state index contributed by atoms with van der Waals surface area (Å²) in [5.41, 5.74) is 0.576. The van der Waals surface area contributed by atoms with Crippen LogP contribution in [0.2, 0.25) is 0 Å². The largest absolute Gasteiger partial charge is 0.496 e. The zero-order chi connectivity index (χ0) is 16.8. The van der Waals surface area contributed by atoms with Crippen molar-refractivity contribution >= 4 is 5.91 Å². The summed E-state index contributed by atoms with van der Waals surface area (Å²) < 4.78 is 11.1. The molecule has 1 heterocycles. The number of nitrogens with one attached hydrogen (secondary N) is 1. The van der Waals surface area contributed by atoms with Crippen LogP contribution in [0.15, 0.2) is 48.7 Å². The average Bonchev–Trinajstić information content (AvgIpc) is 2.64. The van der Waals surface area contributed by atoms with Crippen LogP contribution in [0.25, 0.3) is 0 Å². The molecule has 1 aliphatic rings. The quantitative estimate of drug-likeness (QED) is 0.916. The van der Waals surface area contributed by atoms with Crippen molar-refractivity contribution in [3.05, 3.63) is 54.2 Å². The Kier molecular flexibility index (Phi) is 5.31. The molecule has 1 aromatic carbocycles. The second-order valence-electron chi connectivity index (χ2n) is 5.93. The minimum absolute atomic E-state index is 0.0819. The molecule has 1 amide bonds. The van der Waals surface area contributed by atoms with Crippen LogP contribution < -0.4 is 14.8 Å². The van der Waals surface area contributed by atoms with Crippen molar-refractivity contribution in [3.8, 4) is 11.6 Å². The van der Waals surface area contributed by atoms with Crippen LogP contribution in [-0.4, -0.2) is 30.1 Å². The van der Waals surface area contributed by atoms with E-state index in [0.29, 0.717) is 17.2 Å². The fraction of sp³-hybridized carbons (Fsp3) is 0.368. The number of ether oxygens (including phenoxy) is 2. The van der Waals surface area contributed by atoms with Gasteiger partial charge in [0, 0.05) is 18.3 Å². The summed E-state index contributed by atoms with van der Waals surface area (Å²) >= 11 is 0. The first-order chi connectivity index (χ1) is 11.8. The highest BCUT2D eigenvalue weighted by Gasteiger charge is 2.24. The lowest BCUT2D eigenvalue weighted by atomic mass is 9.92. The van der Waals surface area contributed by atoms with Crippen molar-refractivity contribution in [1.82, 2.24) is 10.3 Å². The Bertz CT molecular complexity index is 667. The maximum absolute atomic E-state index is 12.4. The summed E-state index contributed by atoms with van der Waals surface area (Å²) in [5, 5.41) is 3.10. The lowest BCUT2D eigenvalue weighted by Gasteiger charge is -2.29. The molecule has 1 N–H and O–H groups in total. The third kappa shape index (κ3) is 4.04. The smallest absolute Gasteiger partial charge is 0.255 e. The molecule has 0 saturated heterocycles. The van der Waals surface area contributed by atoms with Gasteiger partial charge in [-0.15, -0.1) is 0 Å². The summed E-state index contributed by atoms with van der Waals surface area (Å²) in [4.78, 5) is 16.6. The topological polar surface area (TPSA) is 60.5 Å². The van der Waals surface area contributed by atoms with Crippen LogP contribution in [0.5, 0.6) is 11.6 Å². The lowest BCUT2D eigenvalue weighted by Crippen LogP contribution is -2.39. The Morgan fingerprint density at radius 3 is 2.54 bits per heavy atom. The summed E-state index contributed by atoms with van der Waals surface area (Å²) in [5.74, 6) is 1.18. The molecular weight excluding hydrogens is 304 g/mol. The Hall–Kier alpha value is -2.56. The number of carbonyl (C=O) groups is 1. The number of methoxy groups -OCH3 is 1. The molecular formula is C19H22N2O3. The highest BCUT2D eigenvalue weighted by Crippen LogP contribution is 2.24. The molecule has 5 nitrogen and oxygen atoms in total. The van der Waals surface area contributed by atoms with E-state index in [4.69, 9.17) is 9.47 Å². The standard InChI is InChI=1S/C19H22N2O3/c1-23-17-7-3-2-6-16(17)19(22)21-14-9-11-15(12-10-14)24-18-8-4-5-13-20-18/h2-8,13-15H,9-12H2,1H3,(H,21,22). The predicted molar refractivity (Wildman–Crippen MR) is 91.4 cm³/mol. The minimum Gasteiger partial charge on any atom is -0.496 e. The Morgan fingerprint density at radius 1 is 1.08 bits per heavy atom. The second-order valence-corrected chi connectivity index (χ2v) is 5.93. The Balaban J connectivity index is 1.51. The van der Waals surface area contributed by atoms with Gasteiger partial charge >= 0.3 is 0 Å². The number of aromatic nitrogens is 1. The maximum atomic E-state index is 12.4. The summed E-state index contributed by atoms with van der Waals surface area (Å²) in [6.45, 7) is 0. The van der Waals surface area contributed by atoms with Gasteiger partial charge < -0.3 is 14.8 Å². The van der Waals surface area contributed by atoms with Crippen molar-refractivity contribution in [2.24, 2.45) is 0 Å². The molecule has 0 unspecified atom stereocenters. The van der Waals surface area contributed by atoms with E-state index in [1.807, 2.05) is 30.3 Å². The summed E-state index contributed by atoms with van der Waals surface area (Å²) in [6, 6.07) is 13.1. The van der Waals surface area contributed by atoms with E-state index in [-0.39, 0.29) is 18.1 Å². The Morgan fingerprint density at radius 2 is 1.83 bits per heavy atom. The van der Waals surface area contributed by atoms with Gasteiger partial charge in [-0.3, -0.25) is 4.79 Å². The minimum atomic E-state index is -0.0819. The van der Waals surface area contributed by atoms with Crippen molar-refractivity contribution < 1.29 is 14.3 Å². The molecule has 24 heavy (non-hydrogen) atoms. The molecule has 0 radical (unpaired) electrons. The zero-order valence-corrected chi connectivity index (χ0v) is 13.8. The van der Waals surface area contributed by atoms with Crippen molar-refractivity contribution in [2.45, 2.75) is 37.8 Å².